The lowest BCUT2D eigenvalue weighted by Crippen LogP contribution is -2.42. The zero-order chi connectivity index (χ0) is 9.47. The summed E-state index contributed by atoms with van der Waals surface area (Å²) in [5, 5.41) is 9.68. The molecule has 2 fully saturated rings. The predicted molar refractivity (Wildman–Crippen MR) is 54.5 cm³/mol. The minimum atomic E-state index is -0.00127. The number of aliphatic hydroxyl groups excluding tert-OH is 1. The molecule has 0 aromatic rings. The average Bonchev–Trinajstić information content (AvgIpc) is 2.08. The van der Waals surface area contributed by atoms with Crippen molar-refractivity contribution in [2.24, 2.45) is 17.3 Å². The summed E-state index contributed by atoms with van der Waals surface area (Å²) in [5.41, 5.74) is 0.566. The molecule has 1 N–H and O–H groups in total. The Morgan fingerprint density at radius 2 is 2.00 bits per heavy atom. The van der Waals surface area contributed by atoms with E-state index in [-0.39, 0.29) is 6.10 Å². The fourth-order valence-electron chi connectivity index (χ4n) is 3.64. The van der Waals surface area contributed by atoms with Crippen LogP contribution in [0, 0.1) is 17.3 Å². The molecule has 0 bridgehead atoms. The van der Waals surface area contributed by atoms with E-state index in [1.54, 1.807) is 0 Å². The Hall–Kier alpha value is -0.0400. The first kappa shape index (κ1) is 9.51. The van der Waals surface area contributed by atoms with E-state index in [0.29, 0.717) is 5.41 Å². The molecule has 13 heavy (non-hydrogen) atoms. The Morgan fingerprint density at radius 3 is 2.77 bits per heavy atom. The lowest BCUT2D eigenvalue weighted by molar-refractivity contribution is -0.0341. The number of rotatable bonds is 0. The second-order valence-corrected chi connectivity index (χ2v) is 5.56. The third-order valence-electron chi connectivity index (χ3n) is 4.56. The highest BCUT2D eigenvalue weighted by molar-refractivity contribution is 4.94. The van der Waals surface area contributed by atoms with E-state index < -0.39 is 0 Å². The summed E-state index contributed by atoms with van der Waals surface area (Å²) < 4.78 is 0. The van der Waals surface area contributed by atoms with Gasteiger partial charge in [-0.05, 0) is 42.9 Å². The molecule has 76 valence electrons. The van der Waals surface area contributed by atoms with Gasteiger partial charge in [-0.2, -0.15) is 0 Å². The van der Waals surface area contributed by atoms with E-state index in [1.807, 2.05) is 0 Å². The van der Waals surface area contributed by atoms with E-state index in [1.165, 1.54) is 25.7 Å². The van der Waals surface area contributed by atoms with Gasteiger partial charge in [-0.1, -0.05) is 26.7 Å². The van der Waals surface area contributed by atoms with E-state index >= 15 is 0 Å². The monoisotopic (exact) mass is 182 g/mol. The van der Waals surface area contributed by atoms with Crippen LogP contribution in [0.15, 0.2) is 0 Å². The van der Waals surface area contributed by atoms with E-state index in [2.05, 4.69) is 13.8 Å². The molecule has 2 rings (SSSR count). The van der Waals surface area contributed by atoms with E-state index in [9.17, 15) is 5.11 Å². The summed E-state index contributed by atoms with van der Waals surface area (Å²) in [4.78, 5) is 0. The zero-order valence-corrected chi connectivity index (χ0v) is 8.92. The molecule has 2 aliphatic carbocycles. The molecule has 0 amide bonds. The molecule has 0 aliphatic heterocycles. The molecule has 0 saturated heterocycles. The Kier molecular flexibility index (Phi) is 2.39. The molecule has 0 heterocycles. The third-order valence-corrected chi connectivity index (χ3v) is 4.56. The summed E-state index contributed by atoms with van der Waals surface area (Å²) >= 11 is 0. The van der Waals surface area contributed by atoms with Gasteiger partial charge in [0.1, 0.15) is 0 Å². The Morgan fingerprint density at radius 1 is 1.23 bits per heavy atom. The molecule has 0 aromatic carbocycles. The Balaban J connectivity index is 2.13. The Labute approximate surface area is 81.5 Å². The minimum Gasteiger partial charge on any atom is -0.393 e. The first-order chi connectivity index (χ1) is 6.12. The molecule has 2 aliphatic rings. The van der Waals surface area contributed by atoms with Gasteiger partial charge in [0.2, 0.25) is 0 Å². The van der Waals surface area contributed by atoms with Crippen LogP contribution in [-0.4, -0.2) is 11.2 Å². The van der Waals surface area contributed by atoms with Crippen molar-refractivity contribution in [1.82, 2.24) is 0 Å². The molecule has 0 radical (unpaired) electrons. The minimum absolute atomic E-state index is 0.00127. The van der Waals surface area contributed by atoms with E-state index in [0.717, 1.165) is 24.7 Å². The molecule has 0 spiro atoms. The summed E-state index contributed by atoms with van der Waals surface area (Å²) in [7, 11) is 0. The summed E-state index contributed by atoms with van der Waals surface area (Å²) in [5.74, 6) is 1.64. The summed E-state index contributed by atoms with van der Waals surface area (Å²) in [6.45, 7) is 4.82. The van der Waals surface area contributed by atoms with Crippen molar-refractivity contribution in [3.8, 4) is 0 Å². The van der Waals surface area contributed by atoms with Gasteiger partial charge in [-0.15, -0.1) is 0 Å². The van der Waals surface area contributed by atoms with Crippen LogP contribution in [0.4, 0.5) is 0 Å². The number of hydrogen-bond donors (Lipinski definition) is 1. The van der Waals surface area contributed by atoms with Crippen molar-refractivity contribution in [2.45, 2.75) is 58.5 Å². The second-order valence-electron chi connectivity index (χ2n) is 5.56. The van der Waals surface area contributed by atoms with Gasteiger partial charge in [0.05, 0.1) is 6.10 Å². The molecule has 2 saturated carbocycles. The van der Waals surface area contributed by atoms with Gasteiger partial charge in [-0.3, -0.25) is 0 Å². The fraction of sp³-hybridized carbons (Fsp3) is 1.00. The molecular weight excluding hydrogens is 160 g/mol. The van der Waals surface area contributed by atoms with Crippen LogP contribution in [0.5, 0.6) is 0 Å². The maximum atomic E-state index is 9.68. The van der Waals surface area contributed by atoms with E-state index in [4.69, 9.17) is 0 Å². The van der Waals surface area contributed by atoms with Crippen LogP contribution in [0.3, 0.4) is 0 Å². The SMILES string of the molecule is C[C@@H]1CCC[C@]2(C)CCC(O)CC12. The lowest BCUT2D eigenvalue weighted by atomic mass is 9.56. The van der Waals surface area contributed by atoms with Crippen LogP contribution in [-0.2, 0) is 0 Å². The van der Waals surface area contributed by atoms with Gasteiger partial charge in [0.15, 0.2) is 0 Å². The van der Waals surface area contributed by atoms with Crippen LogP contribution in [0.2, 0.25) is 0 Å². The van der Waals surface area contributed by atoms with Gasteiger partial charge in [0.25, 0.3) is 0 Å². The van der Waals surface area contributed by atoms with Gasteiger partial charge >= 0.3 is 0 Å². The van der Waals surface area contributed by atoms with Crippen LogP contribution >= 0.6 is 0 Å². The smallest absolute Gasteiger partial charge is 0.0543 e. The molecule has 1 heteroatoms. The number of aliphatic hydroxyl groups is 1. The number of fused-ring (bicyclic) bond motifs is 1. The van der Waals surface area contributed by atoms with Gasteiger partial charge in [-0.25, -0.2) is 0 Å². The van der Waals surface area contributed by atoms with Crippen molar-refractivity contribution in [3.05, 3.63) is 0 Å². The third kappa shape index (κ3) is 1.63. The van der Waals surface area contributed by atoms with Gasteiger partial charge in [0, 0.05) is 0 Å². The maximum absolute atomic E-state index is 9.68. The predicted octanol–water partition coefficient (Wildman–Crippen LogP) is 2.97. The van der Waals surface area contributed by atoms with Crippen LogP contribution in [0.1, 0.15) is 52.4 Å². The normalized spacial score (nSPS) is 51.5. The maximum Gasteiger partial charge on any atom is 0.0543 e. The Bertz CT molecular complexity index is 190. The molecule has 4 atom stereocenters. The van der Waals surface area contributed by atoms with Crippen LogP contribution in [0.25, 0.3) is 0 Å². The summed E-state index contributed by atoms with van der Waals surface area (Å²) in [6, 6.07) is 0. The average molecular weight is 182 g/mol. The molecule has 1 nitrogen and oxygen atoms in total. The fourth-order valence-corrected chi connectivity index (χ4v) is 3.64. The summed E-state index contributed by atoms with van der Waals surface area (Å²) in [6.07, 6.45) is 7.55. The zero-order valence-electron chi connectivity index (χ0n) is 8.92. The van der Waals surface area contributed by atoms with Crippen LogP contribution < -0.4 is 0 Å². The van der Waals surface area contributed by atoms with Crippen molar-refractivity contribution < 1.29 is 5.11 Å². The van der Waals surface area contributed by atoms with Crippen molar-refractivity contribution in [2.75, 3.05) is 0 Å². The standard InChI is InChI=1S/C12H22O/c1-9-4-3-6-12(2)7-5-10(13)8-11(9)12/h9-11,13H,3-8H2,1-2H3/t9-,10?,11?,12-/m1/s1. The highest BCUT2D eigenvalue weighted by Crippen LogP contribution is 2.52. The van der Waals surface area contributed by atoms with Crippen molar-refractivity contribution >= 4 is 0 Å². The largest absolute Gasteiger partial charge is 0.393 e. The molecule has 2 unspecified atom stereocenters. The number of hydrogen-bond acceptors (Lipinski definition) is 1. The first-order valence-electron chi connectivity index (χ1n) is 5.80. The lowest BCUT2D eigenvalue weighted by Gasteiger charge is -2.49. The van der Waals surface area contributed by atoms with Crippen molar-refractivity contribution in [3.63, 3.8) is 0 Å². The highest BCUT2D eigenvalue weighted by atomic mass is 16.3. The molecule has 0 aromatic heterocycles. The molecular formula is C12H22O. The second kappa shape index (κ2) is 3.27. The highest BCUT2D eigenvalue weighted by Gasteiger charge is 2.43. The van der Waals surface area contributed by atoms with Crippen molar-refractivity contribution in [1.29, 1.82) is 0 Å². The quantitative estimate of drug-likeness (QED) is 0.610. The van der Waals surface area contributed by atoms with Gasteiger partial charge < -0.3 is 5.11 Å². The first-order valence-corrected chi connectivity index (χ1v) is 5.80. The topological polar surface area (TPSA) is 20.2 Å².